The normalized spacial score (nSPS) is 12.5. The molecular weight excluding hydrogens is 650 g/mol. The smallest absolute Gasteiger partial charge is 0.264 e. The summed E-state index contributed by atoms with van der Waals surface area (Å²) in [5, 5.41) is 3.29. The third kappa shape index (κ3) is 9.08. The Balaban J connectivity index is 1.87. The number of nitrogens with one attached hydrogen (secondary N) is 1. The standard InChI is InChI=1S/C37H42ClN3O6S/c1-6-27(3)39-37(43)34(22-28-11-8-7-9-12-28)40(24-29-13-10-14-31(21-29)46-4)36(42)25-41(33-23-30(38)17-20-35(33)47-5)48(44,45)32-18-15-26(2)16-19-32/h7-21,23,27,34H,6,22,24-25H2,1-5H3,(H,39,43). The van der Waals surface area contributed by atoms with Crippen LogP contribution in [0.25, 0.3) is 0 Å². The van der Waals surface area contributed by atoms with E-state index in [-0.39, 0.29) is 46.3 Å². The van der Waals surface area contributed by atoms with Crippen molar-refractivity contribution in [1.82, 2.24) is 10.2 Å². The van der Waals surface area contributed by atoms with Crippen LogP contribution in [0.3, 0.4) is 0 Å². The molecule has 0 aromatic heterocycles. The molecule has 11 heteroatoms. The van der Waals surface area contributed by atoms with Crippen LogP contribution in [0.1, 0.15) is 37.0 Å². The fourth-order valence-corrected chi connectivity index (χ4v) is 6.75. The molecule has 0 saturated heterocycles. The van der Waals surface area contributed by atoms with Crippen LogP contribution in [-0.4, -0.2) is 58.0 Å². The highest BCUT2D eigenvalue weighted by atomic mass is 35.5. The third-order valence-corrected chi connectivity index (χ3v) is 10.1. The Morgan fingerprint density at radius 1 is 0.875 bits per heavy atom. The van der Waals surface area contributed by atoms with E-state index in [2.05, 4.69) is 5.32 Å². The molecule has 0 spiro atoms. The van der Waals surface area contributed by atoms with Gasteiger partial charge in [-0.15, -0.1) is 0 Å². The number of methoxy groups -OCH3 is 2. The zero-order valence-corrected chi connectivity index (χ0v) is 29.4. The molecule has 254 valence electrons. The summed E-state index contributed by atoms with van der Waals surface area (Å²) in [6.45, 7) is 5.08. The lowest BCUT2D eigenvalue weighted by Gasteiger charge is -2.34. The van der Waals surface area contributed by atoms with E-state index < -0.39 is 28.5 Å². The molecule has 4 aromatic rings. The molecule has 4 rings (SSSR count). The first-order chi connectivity index (χ1) is 23.0. The zero-order chi connectivity index (χ0) is 34.8. The molecule has 0 aliphatic rings. The van der Waals surface area contributed by atoms with Gasteiger partial charge >= 0.3 is 0 Å². The molecule has 0 bridgehead atoms. The second kappa shape index (κ2) is 16.5. The van der Waals surface area contributed by atoms with Crippen molar-refractivity contribution in [2.24, 2.45) is 0 Å². The molecule has 1 N–H and O–H groups in total. The Morgan fingerprint density at radius 2 is 1.56 bits per heavy atom. The maximum absolute atomic E-state index is 14.7. The van der Waals surface area contributed by atoms with Gasteiger partial charge < -0.3 is 19.7 Å². The highest BCUT2D eigenvalue weighted by Gasteiger charge is 2.36. The Bertz CT molecular complexity index is 1800. The molecular formula is C37H42ClN3O6S. The van der Waals surface area contributed by atoms with Gasteiger partial charge in [-0.1, -0.05) is 78.7 Å². The van der Waals surface area contributed by atoms with E-state index in [1.807, 2.05) is 57.2 Å². The predicted octanol–water partition coefficient (Wildman–Crippen LogP) is 6.42. The number of sulfonamides is 1. The topological polar surface area (TPSA) is 105 Å². The SMILES string of the molecule is CCC(C)NC(=O)C(Cc1ccccc1)N(Cc1cccc(OC)c1)C(=O)CN(c1cc(Cl)ccc1OC)S(=O)(=O)c1ccc(C)cc1. The van der Waals surface area contributed by atoms with E-state index in [9.17, 15) is 18.0 Å². The highest BCUT2D eigenvalue weighted by molar-refractivity contribution is 7.92. The van der Waals surface area contributed by atoms with Crippen LogP contribution in [0.15, 0.2) is 102 Å². The van der Waals surface area contributed by atoms with Crippen molar-refractivity contribution in [1.29, 1.82) is 0 Å². The van der Waals surface area contributed by atoms with E-state index in [0.29, 0.717) is 17.7 Å². The minimum atomic E-state index is -4.33. The number of benzene rings is 4. The first kappa shape index (κ1) is 36.3. The van der Waals surface area contributed by atoms with Gasteiger partial charge in [-0.05, 0) is 73.9 Å². The van der Waals surface area contributed by atoms with Crippen molar-refractivity contribution in [3.63, 3.8) is 0 Å². The molecule has 48 heavy (non-hydrogen) atoms. The van der Waals surface area contributed by atoms with Crippen LogP contribution in [-0.2, 0) is 32.6 Å². The first-order valence-electron chi connectivity index (χ1n) is 15.7. The molecule has 0 heterocycles. The van der Waals surface area contributed by atoms with Crippen LogP contribution >= 0.6 is 11.6 Å². The Labute approximate surface area is 288 Å². The lowest BCUT2D eigenvalue weighted by molar-refractivity contribution is -0.140. The number of amides is 2. The summed E-state index contributed by atoms with van der Waals surface area (Å²) < 4.78 is 40.7. The number of rotatable bonds is 15. The fraction of sp³-hybridized carbons (Fsp3) is 0.297. The van der Waals surface area contributed by atoms with Gasteiger partial charge in [0.15, 0.2) is 0 Å². The van der Waals surface area contributed by atoms with Crippen molar-refractivity contribution < 1.29 is 27.5 Å². The summed E-state index contributed by atoms with van der Waals surface area (Å²) in [4.78, 5) is 30.2. The fourth-order valence-electron chi connectivity index (χ4n) is 5.17. The largest absolute Gasteiger partial charge is 0.497 e. The van der Waals surface area contributed by atoms with Crippen LogP contribution < -0.4 is 19.1 Å². The summed E-state index contributed by atoms with van der Waals surface area (Å²) in [6.07, 6.45) is 0.884. The zero-order valence-electron chi connectivity index (χ0n) is 27.9. The van der Waals surface area contributed by atoms with Crippen molar-refractivity contribution in [3.8, 4) is 11.5 Å². The number of carbonyl (C=O) groups is 2. The van der Waals surface area contributed by atoms with E-state index >= 15 is 0 Å². The highest BCUT2D eigenvalue weighted by Crippen LogP contribution is 2.35. The summed E-state index contributed by atoms with van der Waals surface area (Å²) in [5.41, 5.74) is 2.50. The van der Waals surface area contributed by atoms with Crippen LogP contribution in [0.2, 0.25) is 5.02 Å². The van der Waals surface area contributed by atoms with Gasteiger partial charge in [0, 0.05) is 24.0 Å². The molecule has 2 atom stereocenters. The number of halogens is 1. The molecule has 9 nitrogen and oxygen atoms in total. The molecule has 4 aromatic carbocycles. The molecule has 2 unspecified atom stereocenters. The predicted molar refractivity (Wildman–Crippen MR) is 189 cm³/mol. The van der Waals surface area contributed by atoms with Crippen molar-refractivity contribution in [3.05, 3.63) is 119 Å². The number of anilines is 1. The van der Waals surface area contributed by atoms with Crippen LogP contribution in [0.5, 0.6) is 11.5 Å². The van der Waals surface area contributed by atoms with Crippen molar-refractivity contribution >= 4 is 39.1 Å². The number of hydrogen-bond donors (Lipinski definition) is 1. The second-order valence-electron chi connectivity index (χ2n) is 11.5. The molecule has 0 radical (unpaired) electrons. The maximum atomic E-state index is 14.7. The maximum Gasteiger partial charge on any atom is 0.264 e. The summed E-state index contributed by atoms with van der Waals surface area (Å²) >= 11 is 6.38. The van der Waals surface area contributed by atoms with Gasteiger partial charge in [0.2, 0.25) is 11.8 Å². The van der Waals surface area contributed by atoms with E-state index in [0.717, 1.165) is 15.4 Å². The average Bonchev–Trinajstić information content (AvgIpc) is 3.09. The van der Waals surface area contributed by atoms with Gasteiger partial charge in [-0.3, -0.25) is 13.9 Å². The molecule has 0 saturated carbocycles. The number of nitrogens with zero attached hydrogens (tertiary/aromatic N) is 2. The number of ether oxygens (including phenoxy) is 2. The summed E-state index contributed by atoms with van der Waals surface area (Å²) in [7, 11) is -1.37. The summed E-state index contributed by atoms with van der Waals surface area (Å²) in [5.74, 6) is -0.165. The van der Waals surface area contributed by atoms with Crippen molar-refractivity contribution in [2.75, 3.05) is 25.1 Å². The molecule has 2 amide bonds. The number of carbonyl (C=O) groups excluding carboxylic acids is 2. The summed E-state index contributed by atoms with van der Waals surface area (Å²) in [6, 6.07) is 26.4. The lowest BCUT2D eigenvalue weighted by Crippen LogP contribution is -2.54. The lowest BCUT2D eigenvalue weighted by atomic mass is 10.0. The van der Waals surface area contributed by atoms with Gasteiger partial charge in [-0.25, -0.2) is 8.42 Å². The molecule has 0 fully saturated rings. The van der Waals surface area contributed by atoms with E-state index in [4.69, 9.17) is 21.1 Å². The van der Waals surface area contributed by atoms with E-state index in [1.54, 1.807) is 49.6 Å². The molecule has 0 aliphatic carbocycles. The van der Waals surface area contributed by atoms with Gasteiger partial charge in [0.1, 0.15) is 24.1 Å². The Hall–Kier alpha value is -4.54. The van der Waals surface area contributed by atoms with Gasteiger partial charge in [-0.2, -0.15) is 0 Å². The van der Waals surface area contributed by atoms with Gasteiger partial charge in [0.05, 0.1) is 24.8 Å². The minimum Gasteiger partial charge on any atom is -0.497 e. The Morgan fingerprint density at radius 3 is 2.21 bits per heavy atom. The average molecular weight is 692 g/mol. The monoisotopic (exact) mass is 691 g/mol. The Kier molecular flexibility index (Phi) is 12.5. The van der Waals surface area contributed by atoms with Gasteiger partial charge in [0.25, 0.3) is 10.0 Å². The van der Waals surface area contributed by atoms with Crippen LogP contribution in [0.4, 0.5) is 5.69 Å². The second-order valence-corrected chi connectivity index (χ2v) is 13.8. The van der Waals surface area contributed by atoms with Crippen LogP contribution in [0, 0.1) is 6.92 Å². The minimum absolute atomic E-state index is 0.00651. The number of hydrogen-bond acceptors (Lipinski definition) is 6. The number of aryl methyl sites for hydroxylation is 1. The quantitative estimate of drug-likeness (QED) is 0.154. The van der Waals surface area contributed by atoms with E-state index in [1.165, 1.54) is 30.2 Å². The van der Waals surface area contributed by atoms with Crippen molar-refractivity contribution in [2.45, 2.75) is 57.1 Å². The first-order valence-corrected chi connectivity index (χ1v) is 17.5. The molecule has 0 aliphatic heterocycles. The third-order valence-electron chi connectivity index (χ3n) is 8.06.